The molecule has 2 heterocycles. The zero-order chi connectivity index (χ0) is 9.97. The monoisotopic (exact) mass is 214 g/mol. The summed E-state index contributed by atoms with van der Waals surface area (Å²) in [4.78, 5) is 2.05. The quantitative estimate of drug-likeness (QED) is 0.789. The van der Waals surface area contributed by atoms with Crippen LogP contribution < -0.4 is 10.6 Å². The highest BCUT2D eigenvalue weighted by Crippen LogP contribution is 2.24. The molecular formula is C8H14N4OS. The van der Waals surface area contributed by atoms with Gasteiger partial charge in [0.25, 0.3) is 0 Å². The van der Waals surface area contributed by atoms with Crippen molar-refractivity contribution >= 4 is 17.8 Å². The number of aromatic nitrogens is 2. The number of thioether (sulfide) groups is 1. The molecule has 1 atom stereocenters. The van der Waals surface area contributed by atoms with Crippen molar-refractivity contribution < 1.29 is 4.42 Å². The van der Waals surface area contributed by atoms with Crippen molar-refractivity contribution in [2.75, 3.05) is 23.5 Å². The second kappa shape index (κ2) is 4.18. The molecule has 0 aliphatic carbocycles. The fraction of sp³-hybridized carbons (Fsp3) is 0.750. The van der Waals surface area contributed by atoms with E-state index in [-0.39, 0.29) is 0 Å². The highest BCUT2D eigenvalue weighted by Gasteiger charge is 2.23. The van der Waals surface area contributed by atoms with Crippen LogP contribution in [-0.2, 0) is 6.54 Å². The first-order chi connectivity index (χ1) is 6.81. The molecule has 1 saturated heterocycles. The van der Waals surface area contributed by atoms with Crippen LogP contribution in [0.1, 0.15) is 12.3 Å². The molecule has 2 N–H and O–H groups in total. The van der Waals surface area contributed by atoms with E-state index in [1.165, 1.54) is 12.2 Å². The Morgan fingerprint density at radius 3 is 3.07 bits per heavy atom. The summed E-state index contributed by atoms with van der Waals surface area (Å²) in [5.41, 5.74) is 5.40. The third-order valence-corrected chi connectivity index (χ3v) is 3.53. The summed E-state index contributed by atoms with van der Waals surface area (Å²) >= 11 is 1.96. The lowest BCUT2D eigenvalue weighted by molar-refractivity contribution is 0.479. The first-order valence-corrected chi connectivity index (χ1v) is 5.79. The first kappa shape index (κ1) is 9.79. The van der Waals surface area contributed by atoms with Crippen LogP contribution in [0.3, 0.4) is 0 Å². The Hall–Kier alpha value is -0.750. The van der Waals surface area contributed by atoms with Gasteiger partial charge in [0.2, 0.25) is 5.89 Å². The van der Waals surface area contributed by atoms with Gasteiger partial charge in [0.15, 0.2) is 0 Å². The van der Waals surface area contributed by atoms with Crippen LogP contribution in [0, 0.1) is 0 Å². The van der Waals surface area contributed by atoms with Gasteiger partial charge in [-0.25, -0.2) is 0 Å². The molecule has 1 aromatic rings. The molecule has 0 bridgehead atoms. The molecule has 1 aliphatic rings. The smallest absolute Gasteiger partial charge is 0.318 e. The minimum absolute atomic E-state index is 0.306. The van der Waals surface area contributed by atoms with Gasteiger partial charge < -0.3 is 15.1 Å². The topological polar surface area (TPSA) is 68.2 Å². The molecule has 5 nitrogen and oxygen atoms in total. The van der Waals surface area contributed by atoms with Crippen molar-refractivity contribution in [3.8, 4) is 0 Å². The molecule has 0 aromatic carbocycles. The fourth-order valence-electron chi connectivity index (χ4n) is 1.45. The molecule has 78 valence electrons. The number of hydrogen-bond acceptors (Lipinski definition) is 6. The molecule has 1 aliphatic heterocycles. The normalized spacial score (nSPS) is 21.4. The van der Waals surface area contributed by atoms with Crippen molar-refractivity contribution in [2.24, 2.45) is 5.73 Å². The van der Waals surface area contributed by atoms with Gasteiger partial charge in [0.1, 0.15) is 0 Å². The van der Waals surface area contributed by atoms with Crippen molar-refractivity contribution in [2.45, 2.75) is 19.0 Å². The Kier molecular flexibility index (Phi) is 2.93. The van der Waals surface area contributed by atoms with Crippen molar-refractivity contribution in [1.29, 1.82) is 0 Å². The van der Waals surface area contributed by atoms with E-state index in [0.717, 1.165) is 5.75 Å². The molecule has 0 amide bonds. The standard InChI is InChI=1S/C8H14N4OS/c1-12(6-2-3-14-5-6)8-11-10-7(4-9)13-8/h6H,2-5,9H2,1H3. The van der Waals surface area contributed by atoms with E-state index in [9.17, 15) is 0 Å². The number of rotatable bonds is 3. The van der Waals surface area contributed by atoms with Crippen LogP contribution in [0.4, 0.5) is 6.01 Å². The van der Waals surface area contributed by atoms with Gasteiger partial charge in [-0.05, 0) is 12.2 Å². The van der Waals surface area contributed by atoms with Gasteiger partial charge in [0, 0.05) is 18.8 Å². The Morgan fingerprint density at radius 2 is 2.50 bits per heavy atom. The molecule has 0 saturated carbocycles. The van der Waals surface area contributed by atoms with Gasteiger partial charge in [-0.2, -0.15) is 11.8 Å². The highest BCUT2D eigenvalue weighted by molar-refractivity contribution is 7.99. The van der Waals surface area contributed by atoms with Gasteiger partial charge >= 0.3 is 6.01 Å². The maximum atomic E-state index is 5.40. The number of nitrogens with two attached hydrogens (primary N) is 1. The van der Waals surface area contributed by atoms with E-state index in [4.69, 9.17) is 10.2 Å². The summed E-state index contributed by atoms with van der Waals surface area (Å²) in [5.74, 6) is 2.85. The van der Waals surface area contributed by atoms with Crippen molar-refractivity contribution in [3.63, 3.8) is 0 Å². The van der Waals surface area contributed by atoms with E-state index in [1.54, 1.807) is 0 Å². The lowest BCUT2D eigenvalue weighted by Crippen LogP contribution is -2.31. The fourth-order valence-corrected chi connectivity index (χ4v) is 2.72. The molecule has 2 rings (SSSR count). The molecule has 14 heavy (non-hydrogen) atoms. The van der Waals surface area contributed by atoms with Crippen LogP contribution in [0.15, 0.2) is 4.42 Å². The van der Waals surface area contributed by atoms with Gasteiger partial charge in [-0.3, -0.25) is 0 Å². The van der Waals surface area contributed by atoms with E-state index in [1.807, 2.05) is 23.7 Å². The third kappa shape index (κ3) is 1.85. The summed E-state index contributed by atoms with van der Waals surface area (Å²) in [6, 6.07) is 1.10. The zero-order valence-corrected chi connectivity index (χ0v) is 8.96. The third-order valence-electron chi connectivity index (χ3n) is 2.39. The van der Waals surface area contributed by atoms with Gasteiger partial charge in [0.05, 0.1) is 6.54 Å². The minimum Gasteiger partial charge on any atom is -0.407 e. The summed E-state index contributed by atoms with van der Waals surface area (Å²) in [6.07, 6.45) is 1.18. The zero-order valence-electron chi connectivity index (χ0n) is 8.14. The second-order valence-electron chi connectivity index (χ2n) is 3.31. The van der Waals surface area contributed by atoms with Crippen LogP contribution in [0.2, 0.25) is 0 Å². The Bertz CT molecular complexity index is 297. The maximum absolute atomic E-state index is 5.40. The SMILES string of the molecule is CN(c1nnc(CN)o1)C1CCSC1. The van der Waals surface area contributed by atoms with E-state index in [2.05, 4.69) is 10.2 Å². The second-order valence-corrected chi connectivity index (χ2v) is 4.46. The average Bonchev–Trinajstić information content (AvgIpc) is 2.88. The van der Waals surface area contributed by atoms with Crippen LogP contribution in [0.25, 0.3) is 0 Å². The van der Waals surface area contributed by atoms with E-state index in [0.29, 0.717) is 24.5 Å². The van der Waals surface area contributed by atoms with E-state index < -0.39 is 0 Å². The Labute approximate surface area is 87.0 Å². The summed E-state index contributed by atoms with van der Waals surface area (Å²) in [7, 11) is 1.99. The first-order valence-electron chi connectivity index (χ1n) is 4.64. The van der Waals surface area contributed by atoms with Crippen LogP contribution in [-0.4, -0.2) is 34.8 Å². The summed E-state index contributed by atoms with van der Waals surface area (Å²) in [6.45, 7) is 0.306. The molecular weight excluding hydrogens is 200 g/mol. The van der Waals surface area contributed by atoms with Gasteiger partial charge in [-0.15, -0.1) is 5.10 Å². The average molecular weight is 214 g/mol. The van der Waals surface area contributed by atoms with Crippen molar-refractivity contribution in [3.05, 3.63) is 5.89 Å². The largest absolute Gasteiger partial charge is 0.407 e. The lowest BCUT2D eigenvalue weighted by atomic mass is 10.2. The minimum atomic E-state index is 0.306. The molecule has 0 spiro atoms. The van der Waals surface area contributed by atoms with Crippen molar-refractivity contribution in [1.82, 2.24) is 10.2 Å². The molecule has 0 radical (unpaired) electrons. The maximum Gasteiger partial charge on any atom is 0.318 e. The number of anilines is 1. The lowest BCUT2D eigenvalue weighted by Gasteiger charge is -2.20. The number of hydrogen-bond donors (Lipinski definition) is 1. The molecule has 6 heteroatoms. The summed E-state index contributed by atoms with van der Waals surface area (Å²) in [5, 5.41) is 7.79. The van der Waals surface area contributed by atoms with Gasteiger partial charge in [-0.1, -0.05) is 5.10 Å². The van der Waals surface area contributed by atoms with Crippen LogP contribution in [0.5, 0.6) is 0 Å². The molecule has 1 aromatic heterocycles. The molecule has 1 unspecified atom stereocenters. The van der Waals surface area contributed by atoms with E-state index >= 15 is 0 Å². The molecule has 1 fully saturated rings. The Balaban J connectivity index is 2.05. The highest BCUT2D eigenvalue weighted by atomic mass is 32.2. The predicted molar refractivity (Wildman–Crippen MR) is 56.3 cm³/mol. The van der Waals surface area contributed by atoms with Crippen LogP contribution >= 0.6 is 11.8 Å². The predicted octanol–water partition coefficient (Wildman–Crippen LogP) is 0.470. The summed E-state index contributed by atoms with van der Waals surface area (Å²) < 4.78 is 5.38. The Morgan fingerprint density at radius 1 is 1.64 bits per heavy atom. The number of nitrogens with zero attached hydrogens (tertiary/aromatic N) is 3.